The predicted molar refractivity (Wildman–Crippen MR) is 83.5 cm³/mol. The topological polar surface area (TPSA) is 84.9 Å². The summed E-state index contributed by atoms with van der Waals surface area (Å²) in [5.41, 5.74) is 0.885. The van der Waals surface area contributed by atoms with Crippen LogP contribution in [0, 0.1) is 5.92 Å². The number of aliphatic hydroxyl groups excluding tert-OH is 1. The molecule has 0 heterocycles. The van der Waals surface area contributed by atoms with Gasteiger partial charge in [-0.15, -0.1) is 0 Å². The Morgan fingerprint density at radius 2 is 1.96 bits per heavy atom. The summed E-state index contributed by atoms with van der Waals surface area (Å²) in [6.45, 7) is 2.17. The zero-order chi connectivity index (χ0) is 16.7. The van der Waals surface area contributed by atoms with E-state index in [2.05, 4.69) is 5.32 Å². The van der Waals surface area contributed by atoms with E-state index in [-0.39, 0.29) is 13.2 Å². The molecule has 23 heavy (non-hydrogen) atoms. The number of ether oxygens (including phenoxy) is 2. The second-order valence-corrected chi connectivity index (χ2v) is 5.59. The first-order valence-electron chi connectivity index (χ1n) is 7.93. The third-order valence-electron chi connectivity index (χ3n) is 3.96. The lowest BCUT2D eigenvalue weighted by atomic mass is 9.83. The first kappa shape index (κ1) is 17.3. The Morgan fingerprint density at radius 3 is 2.65 bits per heavy atom. The largest absolute Gasteiger partial charge is 0.466 e. The van der Waals surface area contributed by atoms with Crippen molar-refractivity contribution >= 4 is 12.1 Å². The molecule has 0 bridgehead atoms. The minimum absolute atomic E-state index is 0.163. The van der Waals surface area contributed by atoms with E-state index >= 15 is 0 Å². The van der Waals surface area contributed by atoms with Crippen molar-refractivity contribution in [1.29, 1.82) is 0 Å². The molecule has 0 saturated heterocycles. The molecule has 1 aromatic carbocycles. The van der Waals surface area contributed by atoms with Crippen molar-refractivity contribution in [2.45, 2.75) is 44.9 Å². The van der Waals surface area contributed by atoms with Gasteiger partial charge in [0, 0.05) is 0 Å². The van der Waals surface area contributed by atoms with Gasteiger partial charge in [0.2, 0.25) is 0 Å². The van der Waals surface area contributed by atoms with Crippen LogP contribution in [0.1, 0.15) is 31.7 Å². The first-order chi connectivity index (χ1) is 11.1. The summed E-state index contributed by atoms with van der Waals surface area (Å²) < 4.78 is 10.1. The summed E-state index contributed by atoms with van der Waals surface area (Å²) in [5.74, 6) is -1.01. The summed E-state index contributed by atoms with van der Waals surface area (Å²) in [5, 5.41) is 12.9. The normalized spacial score (nSPS) is 23.8. The van der Waals surface area contributed by atoms with Crippen molar-refractivity contribution in [3.05, 3.63) is 35.9 Å². The van der Waals surface area contributed by atoms with Crippen LogP contribution in [0.2, 0.25) is 0 Å². The second-order valence-electron chi connectivity index (χ2n) is 5.59. The molecule has 1 amide bonds. The molecule has 1 fully saturated rings. The van der Waals surface area contributed by atoms with Crippen molar-refractivity contribution in [1.82, 2.24) is 5.32 Å². The number of esters is 1. The Labute approximate surface area is 135 Å². The molecule has 1 aliphatic rings. The van der Waals surface area contributed by atoms with Crippen molar-refractivity contribution < 1.29 is 24.2 Å². The summed E-state index contributed by atoms with van der Waals surface area (Å²) in [6.07, 6.45) is 0.369. The quantitative estimate of drug-likeness (QED) is 0.810. The average molecular weight is 321 g/mol. The van der Waals surface area contributed by atoms with Crippen LogP contribution in [0.3, 0.4) is 0 Å². The van der Waals surface area contributed by atoms with Crippen LogP contribution < -0.4 is 5.32 Å². The smallest absolute Gasteiger partial charge is 0.407 e. The van der Waals surface area contributed by atoms with Gasteiger partial charge in [0.05, 0.1) is 24.7 Å². The summed E-state index contributed by atoms with van der Waals surface area (Å²) >= 11 is 0. The van der Waals surface area contributed by atoms with Crippen molar-refractivity contribution in [2.24, 2.45) is 5.92 Å². The summed E-state index contributed by atoms with van der Waals surface area (Å²) in [4.78, 5) is 23.7. The Kier molecular flexibility index (Phi) is 6.40. The predicted octanol–water partition coefficient (Wildman–Crippen LogP) is 2.01. The van der Waals surface area contributed by atoms with Gasteiger partial charge >= 0.3 is 12.1 Å². The van der Waals surface area contributed by atoms with E-state index in [1.165, 1.54) is 0 Å². The maximum absolute atomic E-state index is 11.9. The lowest BCUT2D eigenvalue weighted by molar-refractivity contribution is -0.154. The third kappa shape index (κ3) is 4.96. The molecule has 0 aromatic heterocycles. The van der Waals surface area contributed by atoms with E-state index in [4.69, 9.17) is 9.47 Å². The number of alkyl carbamates (subject to hydrolysis) is 1. The number of amides is 1. The molecule has 6 heteroatoms. The number of rotatable bonds is 5. The van der Waals surface area contributed by atoms with Gasteiger partial charge < -0.3 is 19.9 Å². The van der Waals surface area contributed by atoms with Crippen LogP contribution in [-0.4, -0.2) is 35.9 Å². The SMILES string of the molecule is CCOC(=O)[C@@H]1CCC[C@@H](NC(=O)OCc2ccccc2)[C@H]1O. The zero-order valence-electron chi connectivity index (χ0n) is 13.2. The third-order valence-corrected chi connectivity index (χ3v) is 3.96. The maximum Gasteiger partial charge on any atom is 0.407 e. The Hall–Kier alpha value is -2.08. The van der Waals surface area contributed by atoms with Crippen LogP contribution in [-0.2, 0) is 20.9 Å². The molecule has 1 aliphatic carbocycles. The van der Waals surface area contributed by atoms with Gasteiger partial charge in [-0.1, -0.05) is 36.8 Å². The number of hydrogen-bond donors (Lipinski definition) is 2. The highest BCUT2D eigenvalue weighted by Crippen LogP contribution is 2.26. The first-order valence-corrected chi connectivity index (χ1v) is 7.93. The molecule has 0 unspecified atom stereocenters. The van der Waals surface area contributed by atoms with Crippen molar-refractivity contribution in [2.75, 3.05) is 6.61 Å². The molecule has 1 saturated carbocycles. The average Bonchev–Trinajstić information content (AvgIpc) is 2.56. The molecular formula is C17H23NO5. The van der Waals surface area contributed by atoms with E-state index < -0.39 is 30.1 Å². The fourth-order valence-electron chi connectivity index (χ4n) is 2.76. The number of carbonyl (C=O) groups is 2. The molecule has 0 radical (unpaired) electrons. The minimum Gasteiger partial charge on any atom is -0.466 e. The number of hydrogen-bond acceptors (Lipinski definition) is 5. The van der Waals surface area contributed by atoms with Crippen LogP contribution in [0.4, 0.5) is 4.79 Å². The molecule has 3 atom stereocenters. The second kappa shape index (κ2) is 8.53. The number of aliphatic hydroxyl groups is 1. The molecule has 0 aliphatic heterocycles. The van der Waals surface area contributed by atoms with Crippen molar-refractivity contribution in [3.8, 4) is 0 Å². The Bertz CT molecular complexity index is 519. The highest BCUT2D eigenvalue weighted by molar-refractivity contribution is 5.74. The highest BCUT2D eigenvalue weighted by Gasteiger charge is 2.38. The van der Waals surface area contributed by atoms with Gasteiger partial charge in [-0.3, -0.25) is 4.79 Å². The monoisotopic (exact) mass is 321 g/mol. The lowest BCUT2D eigenvalue weighted by Gasteiger charge is -2.33. The van der Waals surface area contributed by atoms with Crippen LogP contribution >= 0.6 is 0 Å². The van der Waals surface area contributed by atoms with Gasteiger partial charge in [0.1, 0.15) is 6.61 Å². The summed E-state index contributed by atoms with van der Waals surface area (Å²) in [6, 6.07) is 8.84. The molecule has 1 aromatic rings. The molecule has 6 nitrogen and oxygen atoms in total. The van der Waals surface area contributed by atoms with Crippen LogP contribution in [0.25, 0.3) is 0 Å². The van der Waals surface area contributed by atoms with Crippen LogP contribution in [0.5, 0.6) is 0 Å². The van der Waals surface area contributed by atoms with E-state index in [1.54, 1.807) is 6.92 Å². The minimum atomic E-state index is -0.952. The number of carbonyl (C=O) groups excluding carboxylic acids is 2. The molecule has 2 N–H and O–H groups in total. The van der Waals surface area contributed by atoms with Crippen LogP contribution in [0.15, 0.2) is 30.3 Å². The Balaban J connectivity index is 1.83. The lowest BCUT2D eigenvalue weighted by Crippen LogP contribution is -2.51. The van der Waals surface area contributed by atoms with Gasteiger partial charge in [0.15, 0.2) is 0 Å². The maximum atomic E-state index is 11.9. The molecule has 126 valence electrons. The Morgan fingerprint density at radius 1 is 1.22 bits per heavy atom. The number of benzene rings is 1. The van der Waals surface area contributed by atoms with E-state index in [0.717, 1.165) is 12.0 Å². The number of nitrogens with one attached hydrogen (secondary N) is 1. The molecule has 0 spiro atoms. The molecule has 2 rings (SSSR count). The van der Waals surface area contributed by atoms with Gasteiger partial charge in [0.25, 0.3) is 0 Å². The summed E-state index contributed by atoms with van der Waals surface area (Å²) in [7, 11) is 0. The fraction of sp³-hybridized carbons (Fsp3) is 0.529. The van der Waals surface area contributed by atoms with Gasteiger partial charge in [-0.05, 0) is 25.3 Å². The van der Waals surface area contributed by atoms with Gasteiger partial charge in [-0.25, -0.2) is 4.79 Å². The molecular weight excluding hydrogens is 298 g/mol. The van der Waals surface area contributed by atoms with E-state index in [0.29, 0.717) is 12.8 Å². The standard InChI is InChI=1S/C17H23NO5/c1-2-22-16(20)13-9-6-10-14(15(13)19)18-17(21)23-11-12-7-4-3-5-8-12/h3-5,7-8,13-15,19H,2,6,9-11H2,1H3,(H,18,21)/t13-,14-,15+/m1/s1. The van der Waals surface area contributed by atoms with E-state index in [1.807, 2.05) is 30.3 Å². The zero-order valence-corrected chi connectivity index (χ0v) is 13.2. The highest BCUT2D eigenvalue weighted by atomic mass is 16.5. The fourth-order valence-corrected chi connectivity index (χ4v) is 2.76. The van der Waals surface area contributed by atoms with E-state index in [9.17, 15) is 14.7 Å². The van der Waals surface area contributed by atoms with Gasteiger partial charge in [-0.2, -0.15) is 0 Å². The van der Waals surface area contributed by atoms with Crippen molar-refractivity contribution in [3.63, 3.8) is 0 Å².